The lowest BCUT2D eigenvalue weighted by Crippen LogP contribution is -2.25. The molecule has 1 aromatic heterocycles. The molecule has 0 unspecified atom stereocenters. The van der Waals surface area contributed by atoms with E-state index in [1.54, 1.807) is 42.5 Å². The van der Waals surface area contributed by atoms with Gasteiger partial charge in [0.2, 0.25) is 5.91 Å². The Morgan fingerprint density at radius 2 is 1.81 bits per heavy atom. The third-order valence-electron chi connectivity index (χ3n) is 3.98. The van der Waals surface area contributed by atoms with Crippen molar-refractivity contribution in [3.8, 4) is 0 Å². The molecule has 0 aliphatic rings. The highest BCUT2D eigenvalue weighted by molar-refractivity contribution is 6.03. The van der Waals surface area contributed by atoms with Crippen molar-refractivity contribution in [3.05, 3.63) is 70.8 Å². The normalized spacial score (nSPS) is 10.5. The largest absolute Gasteiger partial charge is 0.355 e. The average molecular weight is 350 g/mol. The minimum absolute atomic E-state index is 0.0853. The Morgan fingerprint density at radius 3 is 2.62 bits per heavy atom. The first-order valence-electron chi connectivity index (χ1n) is 8.15. The number of nitrogens with one attached hydrogen (secondary N) is 2. The number of hydrogen-bond donors (Lipinski definition) is 2. The van der Waals surface area contributed by atoms with Crippen molar-refractivity contribution in [1.82, 2.24) is 14.9 Å². The van der Waals surface area contributed by atoms with Crippen molar-refractivity contribution < 1.29 is 9.59 Å². The van der Waals surface area contributed by atoms with Crippen molar-refractivity contribution in [3.63, 3.8) is 0 Å². The van der Waals surface area contributed by atoms with Crippen LogP contribution in [-0.4, -0.2) is 28.4 Å². The number of fused-ring (bicyclic) bond motifs is 1. The van der Waals surface area contributed by atoms with Crippen LogP contribution in [0.3, 0.4) is 0 Å². The number of amides is 2. The molecule has 0 atom stereocenters. The quantitative estimate of drug-likeness (QED) is 0.734. The number of carbonyl (C=O) groups excluding carboxylic acids is 2. The molecule has 0 spiro atoms. The predicted octanol–water partition coefficient (Wildman–Crippen LogP) is 1.78. The van der Waals surface area contributed by atoms with Gasteiger partial charge in [-0.05, 0) is 24.3 Å². The summed E-state index contributed by atoms with van der Waals surface area (Å²) >= 11 is 0. The molecule has 1 heterocycles. The van der Waals surface area contributed by atoms with Crippen LogP contribution in [0.15, 0.2) is 59.7 Å². The lowest BCUT2D eigenvalue weighted by atomic mass is 10.1. The number of hydrogen-bond acceptors (Lipinski definition) is 4. The Labute approximate surface area is 149 Å². The standard InChI is InChI=1S/C19H18N4O3/c1-20-18(25)13-6-2-5-9-16(13)22-17(24)10-11-23-12-21-15-8-4-3-7-14(15)19(23)26/h2-9,12H,10-11H2,1H3,(H,20,25)(H,22,24). The molecule has 7 nitrogen and oxygen atoms in total. The summed E-state index contributed by atoms with van der Waals surface area (Å²) in [5.41, 5.74) is 1.25. The fraction of sp³-hybridized carbons (Fsp3) is 0.158. The predicted molar refractivity (Wildman–Crippen MR) is 99.1 cm³/mol. The van der Waals surface area contributed by atoms with Gasteiger partial charge in [-0.15, -0.1) is 0 Å². The van der Waals surface area contributed by atoms with Crippen LogP contribution in [0.1, 0.15) is 16.8 Å². The maximum atomic E-state index is 12.4. The van der Waals surface area contributed by atoms with Crippen molar-refractivity contribution in [2.24, 2.45) is 0 Å². The summed E-state index contributed by atoms with van der Waals surface area (Å²) in [6.07, 6.45) is 1.53. The number of para-hydroxylation sites is 2. The summed E-state index contributed by atoms with van der Waals surface area (Å²) in [5.74, 6) is -0.572. The van der Waals surface area contributed by atoms with E-state index in [9.17, 15) is 14.4 Å². The highest BCUT2D eigenvalue weighted by Gasteiger charge is 2.12. The van der Waals surface area contributed by atoms with Gasteiger partial charge in [-0.2, -0.15) is 0 Å². The Balaban J connectivity index is 1.72. The van der Waals surface area contributed by atoms with Crippen molar-refractivity contribution in [2.45, 2.75) is 13.0 Å². The fourth-order valence-corrected chi connectivity index (χ4v) is 2.62. The second kappa shape index (κ2) is 7.60. The van der Waals surface area contributed by atoms with E-state index in [-0.39, 0.29) is 30.3 Å². The third-order valence-corrected chi connectivity index (χ3v) is 3.98. The van der Waals surface area contributed by atoms with Crippen LogP contribution in [0, 0.1) is 0 Å². The molecule has 0 fully saturated rings. The Kier molecular flexibility index (Phi) is 5.07. The maximum Gasteiger partial charge on any atom is 0.261 e. The van der Waals surface area contributed by atoms with Crippen molar-refractivity contribution in [2.75, 3.05) is 12.4 Å². The highest BCUT2D eigenvalue weighted by atomic mass is 16.2. The minimum atomic E-state index is -0.290. The lowest BCUT2D eigenvalue weighted by Gasteiger charge is -2.11. The topological polar surface area (TPSA) is 93.1 Å². The number of aryl methyl sites for hydroxylation is 1. The van der Waals surface area contributed by atoms with Gasteiger partial charge in [0.05, 0.1) is 28.5 Å². The maximum absolute atomic E-state index is 12.4. The molecule has 0 saturated carbocycles. The Bertz CT molecular complexity index is 1030. The van der Waals surface area contributed by atoms with Crippen LogP contribution in [-0.2, 0) is 11.3 Å². The molecular formula is C19H18N4O3. The van der Waals surface area contributed by atoms with Gasteiger partial charge in [0.15, 0.2) is 0 Å². The molecule has 2 aromatic carbocycles. The molecule has 7 heteroatoms. The van der Waals surface area contributed by atoms with Crippen LogP contribution >= 0.6 is 0 Å². The second-order valence-electron chi connectivity index (χ2n) is 5.68. The van der Waals surface area contributed by atoms with E-state index >= 15 is 0 Å². The number of anilines is 1. The molecule has 3 rings (SSSR count). The second-order valence-corrected chi connectivity index (χ2v) is 5.68. The van der Waals surface area contributed by atoms with Gasteiger partial charge in [0.25, 0.3) is 11.5 Å². The summed E-state index contributed by atoms with van der Waals surface area (Å²) in [6.45, 7) is 0.199. The Hall–Kier alpha value is -3.48. The van der Waals surface area contributed by atoms with E-state index in [0.717, 1.165) is 0 Å². The average Bonchev–Trinajstić information content (AvgIpc) is 2.67. The van der Waals surface area contributed by atoms with Gasteiger partial charge < -0.3 is 10.6 Å². The zero-order chi connectivity index (χ0) is 18.5. The molecule has 3 aromatic rings. The van der Waals surface area contributed by atoms with Gasteiger partial charge in [0, 0.05) is 20.0 Å². The van der Waals surface area contributed by atoms with E-state index in [1.807, 2.05) is 6.07 Å². The van der Waals surface area contributed by atoms with E-state index in [1.165, 1.54) is 17.9 Å². The zero-order valence-electron chi connectivity index (χ0n) is 14.2. The first-order valence-corrected chi connectivity index (χ1v) is 8.15. The summed E-state index contributed by atoms with van der Waals surface area (Å²) in [5, 5.41) is 5.76. The van der Waals surface area contributed by atoms with Gasteiger partial charge >= 0.3 is 0 Å². The minimum Gasteiger partial charge on any atom is -0.355 e. The lowest BCUT2D eigenvalue weighted by molar-refractivity contribution is -0.116. The molecular weight excluding hydrogens is 332 g/mol. The van der Waals surface area contributed by atoms with Crippen LogP contribution in [0.2, 0.25) is 0 Å². The monoisotopic (exact) mass is 350 g/mol. The molecule has 0 aliphatic carbocycles. The van der Waals surface area contributed by atoms with E-state index in [2.05, 4.69) is 15.6 Å². The molecule has 26 heavy (non-hydrogen) atoms. The molecule has 132 valence electrons. The highest BCUT2D eigenvalue weighted by Crippen LogP contribution is 2.15. The van der Waals surface area contributed by atoms with Gasteiger partial charge in [0.1, 0.15) is 0 Å². The van der Waals surface area contributed by atoms with Gasteiger partial charge in [-0.25, -0.2) is 4.98 Å². The molecule has 2 N–H and O–H groups in total. The summed E-state index contributed by atoms with van der Waals surface area (Å²) in [4.78, 5) is 40.7. The third kappa shape index (κ3) is 3.61. The first kappa shape index (κ1) is 17.3. The summed E-state index contributed by atoms with van der Waals surface area (Å²) < 4.78 is 1.41. The summed E-state index contributed by atoms with van der Waals surface area (Å²) in [6, 6.07) is 13.8. The molecule has 0 saturated heterocycles. The molecule has 2 amide bonds. The fourth-order valence-electron chi connectivity index (χ4n) is 2.62. The zero-order valence-corrected chi connectivity index (χ0v) is 14.2. The van der Waals surface area contributed by atoms with Crippen LogP contribution in [0.25, 0.3) is 10.9 Å². The van der Waals surface area contributed by atoms with Crippen LogP contribution in [0.5, 0.6) is 0 Å². The van der Waals surface area contributed by atoms with E-state index in [4.69, 9.17) is 0 Å². The van der Waals surface area contributed by atoms with E-state index in [0.29, 0.717) is 22.2 Å². The Morgan fingerprint density at radius 1 is 1.08 bits per heavy atom. The molecule has 0 aliphatic heterocycles. The number of nitrogens with zero attached hydrogens (tertiary/aromatic N) is 2. The summed E-state index contributed by atoms with van der Waals surface area (Å²) in [7, 11) is 1.53. The van der Waals surface area contributed by atoms with Crippen LogP contribution in [0.4, 0.5) is 5.69 Å². The number of aromatic nitrogens is 2. The SMILES string of the molecule is CNC(=O)c1ccccc1NC(=O)CCn1cnc2ccccc2c1=O. The number of carbonyl (C=O) groups is 2. The molecule has 0 radical (unpaired) electrons. The number of benzene rings is 2. The van der Waals surface area contributed by atoms with Crippen LogP contribution < -0.4 is 16.2 Å². The van der Waals surface area contributed by atoms with Crippen molar-refractivity contribution >= 4 is 28.4 Å². The van der Waals surface area contributed by atoms with Gasteiger partial charge in [-0.3, -0.25) is 19.0 Å². The van der Waals surface area contributed by atoms with Crippen molar-refractivity contribution in [1.29, 1.82) is 0 Å². The van der Waals surface area contributed by atoms with Gasteiger partial charge in [-0.1, -0.05) is 24.3 Å². The first-order chi connectivity index (χ1) is 12.6. The van der Waals surface area contributed by atoms with E-state index < -0.39 is 0 Å². The smallest absolute Gasteiger partial charge is 0.261 e. The number of rotatable bonds is 5. The molecule has 0 bridgehead atoms.